The van der Waals surface area contributed by atoms with Gasteiger partial charge in [-0.15, -0.1) is 0 Å². The van der Waals surface area contributed by atoms with E-state index in [1.165, 1.54) is 26.4 Å². The first-order valence-electron chi connectivity index (χ1n) is 11.1. The van der Waals surface area contributed by atoms with Gasteiger partial charge in [0, 0.05) is 19.1 Å². The SMILES string of the molecule is COC(=O)CNC(=O)N1CCC(N2C(=O)C(OCC3CC3)C23CCCCC3)CC1. The first-order chi connectivity index (χ1) is 14.0. The molecule has 4 rings (SSSR count). The summed E-state index contributed by atoms with van der Waals surface area (Å²) in [4.78, 5) is 40.4. The van der Waals surface area contributed by atoms with E-state index < -0.39 is 5.97 Å². The van der Waals surface area contributed by atoms with Crippen molar-refractivity contribution in [2.75, 3.05) is 33.4 Å². The number of nitrogens with one attached hydrogen (secondary N) is 1. The minimum Gasteiger partial charge on any atom is -0.468 e. The number of ether oxygens (including phenoxy) is 2. The number of carbonyl (C=O) groups is 3. The van der Waals surface area contributed by atoms with Crippen molar-refractivity contribution in [3.8, 4) is 0 Å². The number of nitrogens with zero attached hydrogens (tertiary/aromatic N) is 2. The van der Waals surface area contributed by atoms with Gasteiger partial charge < -0.3 is 24.6 Å². The quantitative estimate of drug-likeness (QED) is 0.535. The summed E-state index contributed by atoms with van der Waals surface area (Å²) in [6.07, 6.45) is 9.36. The molecule has 4 aliphatic rings. The standard InChI is InChI=1S/C21H33N3O5/c1-28-17(25)13-22-20(27)23-11-7-16(8-12-23)24-19(26)18(29-14-15-5-6-15)21(24)9-3-2-4-10-21/h15-16,18H,2-14H2,1H3,(H,22,27). The molecule has 0 radical (unpaired) electrons. The molecule has 8 heteroatoms. The summed E-state index contributed by atoms with van der Waals surface area (Å²) in [6, 6.07) is -0.0761. The van der Waals surface area contributed by atoms with Crippen LogP contribution in [-0.4, -0.2) is 78.7 Å². The van der Waals surface area contributed by atoms with Crippen LogP contribution in [0.15, 0.2) is 0 Å². The molecule has 2 saturated heterocycles. The fourth-order valence-electron chi connectivity index (χ4n) is 5.25. The highest BCUT2D eigenvalue weighted by atomic mass is 16.5. The van der Waals surface area contributed by atoms with Crippen LogP contribution in [0.1, 0.15) is 57.8 Å². The average molecular weight is 408 g/mol. The van der Waals surface area contributed by atoms with E-state index >= 15 is 0 Å². The van der Waals surface area contributed by atoms with E-state index in [4.69, 9.17) is 4.74 Å². The van der Waals surface area contributed by atoms with Gasteiger partial charge in [-0.2, -0.15) is 0 Å². The lowest BCUT2D eigenvalue weighted by Gasteiger charge is -2.62. The zero-order valence-corrected chi connectivity index (χ0v) is 17.4. The molecular weight excluding hydrogens is 374 g/mol. The molecular formula is C21H33N3O5. The van der Waals surface area contributed by atoms with Crippen molar-refractivity contribution in [3.63, 3.8) is 0 Å². The van der Waals surface area contributed by atoms with Crippen LogP contribution in [0.2, 0.25) is 0 Å². The Bertz CT molecular complexity index is 636. The number of esters is 1. The Balaban J connectivity index is 1.33. The van der Waals surface area contributed by atoms with Gasteiger partial charge in [0.2, 0.25) is 0 Å². The number of amides is 3. The van der Waals surface area contributed by atoms with Gasteiger partial charge in [0.25, 0.3) is 5.91 Å². The summed E-state index contributed by atoms with van der Waals surface area (Å²) in [7, 11) is 1.30. The molecule has 3 amide bonds. The van der Waals surface area contributed by atoms with E-state index in [9.17, 15) is 14.4 Å². The molecule has 4 fully saturated rings. The van der Waals surface area contributed by atoms with E-state index in [-0.39, 0.29) is 36.2 Å². The third-order valence-electron chi connectivity index (χ3n) is 7.07. The monoisotopic (exact) mass is 407 g/mol. The second-order valence-electron chi connectivity index (χ2n) is 8.98. The van der Waals surface area contributed by atoms with Gasteiger partial charge in [-0.05, 0) is 44.4 Å². The second kappa shape index (κ2) is 8.50. The van der Waals surface area contributed by atoms with Crippen LogP contribution < -0.4 is 5.32 Å². The van der Waals surface area contributed by atoms with Crippen LogP contribution in [0.25, 0.3) is 0 Å². The highest BCUT2D eigenvalue weighted by Gasteiger charge is 2.62. The Morgan fingerprint density at radius 3 is 2.41 bits per heavy atom. The number of piperidine rings is 1. The highest BCUT2D eigenvalue weighted by Crippen LogP contribution is 2.48. The summed E-state index contributed by atoms with van der Waals surface area (Å²) < 4.78 is 10.7. The third-order valence-corrected chi connectivity index (χ3v) is 7.07. The third kappa shape index (κ3) is 4.09. The molecule has 0 aromatic heterocycles. The number of β-lactam (4-membered cyclic amide) rings is 1. The molecule has 0 aromatic carbocycles. The number of hydrogen-bond donors (Lipinski definition) is 1. The Morgan fingerprint density at radius 2 is 1.79 bits per heavy atom. The van der Waals surface area contributed by atoms with Crippen molar-refractivity contribution in [2.45, 2.75) is 75.5 Å². The highest BCUT2D eigenvalue weighted by molar-refractivity contribution is 5.91. The Labute approximate surface area is 172 Å². The van der Waals surface area contributed by atoms with Crippen molar-refractivity contribution in [2.24, 2.45) is 5.92 Å². The van der Waals surface area contributed by atoms with Gasteiger partial charge in [0.15, 0.2) is 6.10 Å². The molecule has 2 aliphatic heterocycles. The molecule has 1 N–H and O–H groups in total. The van der Waals surface area contributed by atoms with Crippen molar-refractivity contribution in [3.05, 3.63) is 0 Å². The number of urea groups is 1. The molecule has 0 aromatic rings. The van der Waals surface area contributed by atoms with Crippen LogP contribution in [-0.2, 0) is 19.1 Å². The lowest BCUT2D eigenvalue weighted by atomic mass is 9.68. The van der Waals surface area contributed by atoms with Gasteiger partial charge >= 0.3 is 12.0 Å². The summed E-state index contributed by atoms with van der Waals surface area (Å²) in [5.74, 6) is 0.348. The van der Waals surface area contributed by atoms with E-state index in [0.29, 0.717) is 19.0 Å². The Hall–Kier alpha value is -1.83. The second-order valence-corrected chi connectivity index (χ2v) is 8.98. The molecule has 0 bridgehead atoms. The predicted octanol–water partition coefficient (Wildman–Crippen LogP) is 1.67. The molecule has 29 heavy (non-hydrogen) atoms. The number of carbonyl (C=O) groups excluding carboxylic acids is 3. The number of hydrogen-bond acceptors (Lipinski definition) is 5. The van der Waals surface area contributed by atoms with Crippen LogP contribution in [0.4, 0.5) is 4.79 Å². The van der Waals surface area contributed by atoms with Gasteiger partial charge in [-0.1, -0.05) is 19.3 Å². The normalized spacial score (nSPS) is 26.9. The Morgan fingerprint density at radius 1 is 1.10 bits per heavy atom. The minimum absolute atomic E-state index is 0.121. The van der Waals surface area contributed by atoms with E-state index in [2.05, 4.69) is 15.0 Å². The fraction of sp³-hybridized carbons (Fsp3) is 0.857. The van der Waals surface area contributed by atoms with Crippen LogP contribution in [0.3, 0.4) is 0 Å². The zero-order valence-electron chi connectivity index (χ0n) is 17.4. The number of rotatable bonds is 6. The number of methoxy groups -OCH3 is 1. The van der Waals surface area contributed by atoms with Gasteiger partial charge in [0.05, 0.1) is 19.3 Å². The predicted molar refractivity (Wildman–Crippen MR) is 105 cm³/mol. The van der Waals surface area contributed by atoms with Gasteiger partial charge in [-0.25, -0.2) is 4.79 Å². The summed E-state index contributed by atoms with van der Waals surface area (Å²) in [5.41, 5.74) is -0.121. The topological polar surface area (TPSA) is 88.2 Å². The first-order valence-corrected chi connectivity index (χ1v) is 11.1. The smallest absolute Gasteiger partial charge is 0.325 e. The Kier molecular flexibility index (Phi) is 5.99. The van der Waals surface area contributed by atoms with E-state index in [1.807, 2.05) is 0 Å². The molecule has 1 atom stereocenters. The molecule has 162 valence electrons. The van der Waals surface area contributed by atoms with Crippen molar-refractivity contribution >= 4 is 17.9 Å². The molecule has 2 aliphatic carbocycles. The van der Waals surface area contributed by atoms with Crippen LogP contribution in [0.5, 0.6) is 0 Å². The summed E-state index contributed by atoms with van der Waals surface area (Å²) in [5, 5.41) is 2.59. The average Bonchev–Trinajstić information content (AvgIpc) is 3.57. The van der Waals surface area contributed by atoms with Crippen molar-refractivity contribution < 1.29 is 23.9 Å². The van der Waals surface area contributed by atoms with E-state index in [1.54, 1.807) is 4.90 Å². The van der Waals surface area contributed by atoms with Gasteiger partial charge in [0.1, 0.15) is 6.54 Å². The maximum atomic E-state index is 13.0. The lowest BCUT2D eigenvalue weighted by Crippen LogP contribution is -2.78. The van der Waals surface area contributed by atoms with Crippen molar-refractivity contribution in [1.82, 2.24) is 15.1 Å². The first kappa shape index (κ1) is 20.4. The lowest BCUT2D eigenvalue weighted by molar-refractivity contribution is -0.211. The van der Waals surface area contributed by atoms with Gasteiger partial charge in [-0.3, -0.25) is 9.59 Å². The van der Waals surface area contributed by atoms with E-state index in [0.717, 1.165) is 45.1 Å². The van der Waals surface area contributed by atoms with Crippen LogP contribution >= 0.6 is 0 Å². The largest absolute Gasteiger partial charge is 0.468 e. The maximum absolute atomic E-state index is 13.0. The van der Waals surface area contributed by atoms with Crippen molar-refractivity contribution in [1.29, 1.82) is 0 Å². The summed E-state index contributed by atoms with van der Waals surface area (Å²) >= 11 is 0. The fourth-order valence-corrected chi connectivity index (χ4v) is 5.25. The number of likely N-dealkylation sites (tertiary alicyclic amines) is 2. The molecule has 2 saturated carbocycles. The summed E-state index contributed by atoms with van der Waals surface area (Å²) in [6.45, 7) is 1.78. The molecule has 1 unspecified atom stereocenters. The maximum Gasteiger partial charge on any atom is 0.325 e. The minimum atomic E-state index is -0.462. The zero-order chi connectivity index (χ0) is 20.4. The molecule has 8 nitrogen and oxygen atoms in total. The van der Waals surface area contributed by atoms with Crippen LogP contribution in [0, 0.1) is 5.92 Å². The molecule has 2 heterocycles. The molecule has 1 spiro atoms.